The van der Waals surface area contributed by atoms with E-state index in [1.807, 2.05) is 14.1 Å². The minimum Gasteiger partial charge on any atom is -0.443 e. The molecule has 0 unspecified atom stereocenters. The Morgan fingerprint density at radius 2 is 2.06 bits per heavy atom. The molecule has 2 N–H and O–H groups in total. The highest BCUT2D eigenvalue weighted by Gasteiger charge is 2.15. The lowest BCUT2D eigenvalue weighted by Crippen LogP contribution is -2.36. The van der Waals surface area contributed by atoms with Crippen LogP contribution in [-0.2, 0) is 4.74 Å². The summed E-state index contributed by atoms with van der Waals surface area (Å²) >= 11 is 0. The molecule has 1 heterocycles. The van der Waals surface area contributed by atoms with Crippen molar-refractivity contribution in [3.63, 3.8) is 0 Å². The highest BCUT2D eigenvalue weighted by Crippen LogP contribution is 2.08. The number of aromatic nitrogens is 2. The van der Waals surface area contributed by atoms with Gasteiger partial charge in [0, 0.05) is 26.4 Å². The molecule has 0 aromatic carbocycles. The van der Waals surface area contributed by atoms with E-state index >= 15 is 0 Å². The van der Waals surface area contributed by atoms with Crippen LogP contribution in [0, 0.1) is 0 Å². The molecular weight excluding hydrogens is 234 g/mol. The summed E-state index contributed by atoms with van der Waals surface area (Å²) in [5.41, 5.74) is 4.53. The maximum absolute atomic E-state index is 11.4. The van der Waals surface area contributed by atoms with Gasteiger partial charge >= 0.3 is 6.09 Å². The van der Waals surface area contributed by atoms with Crippen LogP contribution in [0.15, 0.2) is 12.3 Å². The van der Waals surface area contributed by atoms with Gasteiger partial charge in [0.15, 0.2) is 0 Å². The summed E-state index contributed by atoms with van der Waals surface area (Å²) in [6.45, 7) is 5.38. The largest absolute Gasteiger partial charge is 0.443 e. The first kappa shape index (κ1) is 14.0. The smallest absolute Gasteiger partial charge is 0.426 e. The fraction of sp³-hybridized carbons (Fsp3) is 0.545. The second-order valence-electron chi connectivity index (χ2n) is 4.89. The van der Waals surface area contributed by atoms with E-state index in [0.29, 0.717) is 11.8 Å². The lowest BCUT2D eigenvalue weighted by molar-refractivity contribution is 0.0541. The summed E-state index contributed by atoms with van der Waals surface area (Å²) in [5.74, 6) is 1.03. The number of hydrogen-bond acceptors (Lipinski definition) is 6. The Morgan fingerprint density at radius 1 is 1.39 bits per heavy atom. The van der Waals surface area contributed by atoms with Gasteiger partial charge in [-0.2, -0.15) is 4.98 Å². The van der Waals surface area contributed by atoms with Gasteiger partial charge in [0.05, 0.1) is 0 Å². The summed E-state index contributed by atoms with van der Waals surface area (Å²) in [6.07, 6.45) is 1.04. The van der Waals surface area contributed by atoms with Gasteiger partial charge in [-0.15, -0.1) is 0 Å². The molecular formula is C11H19N5O2. The number of nitrogens with zero attached hydrogens (tertiary/aromatic N) is 3. The van der Waals surface area contributed by atoms with Crippen molar-refractivity contribution in [2.75, 3.05) is 24.4 Å². The summed E-state index contributed by atoms with van der Waals surface area (Å²) in [7, 11) is 3.67. The summed E-state index contributed by atoms with van der Waals surface area (Å²) < 4.78 is 5.07. The molecule has 0 radical (unpaired) electrons. The van der Waals surface area contributed by atoms with E-state index < -0.39 is 11.7 Å². The highest BCUT2D eigenvalue weighted by atomic mass is 16.6. The zero-order valence-corrected chi connectivity index (χ0v) is 11.3. The zero-order chi connectivity index (χ0) is 13.8. The van der Waals surface area contributed by atoms with Crippen LogP contribution in [0.5, 0.6) is 0 Å². The van der Waals surface area contributed by atoms with Crippen LogP contribution in [-0.4, -0.2) is 35.8 Å². The number of ether oxygens (including phenoxy) is 1. The molecule has 0 fully saturated rings. The molecule has 0 bridgehead atoms. The standard InChI is InChI=1S/C11H19N5O2/c1-11(2,3)18-10(17)15-14-8-6-7-12-9(13-8)16(4)5/h6-7H,1-5H3,(H,15,17)(H,12,13,14). The van der Waals surface area contributed by atoms with Gasteiger partial charge in [-0.25, -0.2) is 15.2 Å². The molecule has 1 rings (SSSR count). The Hall–Kier alpha value is -2.05. The Kier molecular flexibility index (Phi) is 4.30. The molecule has 0 saturated carbocycles. The molecule has 100 valence electrons. The maximum Gasteiger partial charge on any atom is 0.426 e. The minimum absolute atomic E-state index is 0.486. The van der Waals surface area contributed by atoms with Gasteiger partial charge in [0.25, 0.3) is 0 Å². The fourth-order valence-electron chi connectivity index (χ4n) is 1.05. The third-order valence-corrected chi connectivity index (χ3v) is 1.73. The first-order valence-electron chi connectivity index (χ1n) is 5.53. The van der Waals surface area contributed by atoms with Crippen molar-refractivity contribution in [3.8, 4) is 0 Å². The number of hydrogen-bond donors (Lipinski definition) is 2. The van der Waals surface area contributed by atoms with Crippen LogP contribution in [0.3, 0.4) is 0 Å². The topological polar surface area (TPSA) is 79.4 Å². The van der Waals surface area contributed by atoms with Crippen molar-refractivity contribution in [1.29, 1.82) is 0 Å². The monoisotopic (exact) mass is 253 g/mol. The van der Waals surface area contributed by atoms with Gasteiger partial charge in [-0.05, 0) is 20.8 Å². The minimum atomic E-state index is -0.562. The lowest BCUT2D eigenvalue weighted by Gasteiger charge is -2.20. The number of hydrazine groups is 1. The summed E-state index contributed by atoms with van der Waals surface area (Å²) in [5, 5.41) is 0. The van der Waals surface area contributed by atoms with Crippen molar-refractivity contribution in [1.82, 2.24) is 15.4 Å². The fourth-order valence-corrected chi connectivity index (χ4v) is 1.05. The van der Waals surface area contributed by atoms with Crippen LogP contribution < -0.4 is 15.8 Å². The lowest BCUT2D eigenvalue weighted by atomic mass is 10.2. The first-order valence-corrected chi connectivity index (χ1v) is 5.53. The number of carbonyl (C=O) groups is 1. The molecule has 0 atom stereocenters. The number of amides is 1. The van der Waals surface area contributed by atoms with Crippen LogP contribution in [0.25, 0.3) is 0 Å². The van der Waals surface area contributed by atoms with Crippen molar-refractivity contribution in [3.05, 3.63) is 12.3 Å². The second-order valence-corrected chi connectivity index (χ2v) is 4.89. The van der Waals surface area contributed by atoms with Crippen LogP contribution >= 0.6 is 0 Å². The van der Waals surface area contributed by atoms with Gasteiger partial charge < -0.3 is 9.64 Å². The molecule has 0 saturated heterocycles. The van der Waals surface area contributed by atoms with E-state index in [1.54, 1.807) is 37.9 Å². The molecule has 1 aromatic rings. The van der Waals surface area contributed by atoms with Crippen LogP contribution in [0.1, 0.15) is 20.8 Å². The van der Waals surface area contributed by atoms with Crippen molar-refractivity contribution >= 4 is 17.9 Å². The molecule has 18 heavy (non-hydrogen) atoms. The van der Waals surface area contributed by atoms with E-state index in [2.05, 4.69) is 20.8 Å². The number of carbonyl (C=O) groups excluding carboxylic acids is 1. The average Bonchev–Trinajstić information content (AvgIpc) is 2.24. The molecule has 0 aliphatic carbocycles. The van der Waals surface area contributed by atoms with Crippen LogP contribution in [0.2, 0.25) is 0 Å². The highest BCUT2D eigenvalue weighted by molar-refractivity contribution is 5.69. The molecule has 0 aliphatic heterocycles. The molecule has 0 aliphatic rings. The Morgan fingerprint density at radius 3 is 2.61 bits per heavy atom. The van der Waals surface area contributed by atoms with E-state index in [9.17, 15) is 4.79 Å². The van der Waals surface area contributed by atoms with Crippen molar-refractivity contribution < 1.29 is 9.53 Å². The predicted molar refractivity (Wildman–Crippen MR) is 69.4 cm³/mol. The summed E-state index contributed by atoms with van der Waals surface area (Å²) in [4.78, 5) is 21.4. The van der Waals surface area contributed by atoms with E-state index in [-0.39, 0.29) is 0 Å². The molecule has 7 nitrogen and oxygen atoms in total. The maximum atomic E-state index is 11.4. The van der Waals surface area contributed by atoms with Gasteiger partial charge in [-0.1, -0.05) is 0 Å². The summed E-state index contributed by atoms with van der Waals surface area (Å²) in [6, 6.07) is 1.64. The quantitative estimate of drug-likeness (QED) is 0.793. The zero-order valence-electron chi connectivity index (χ0n) is 11.3. The third kappa shape index (κ3) is 4.86. The first-order chi connectivity index (χ1) is 8.28. The van der Waals surface area contributed by atoms with Gasteiger partial charge in [0.1, 0.15) is 11.4 Å². The normalized spacial score (nSPS) is 10.7. The molecule has 0 spiro atoms. The Bertz CT molecular complexity index is 414. The predicted octanol–water partition coefficient (Wildman–Crippen LogP) is 1.39. The second kappa shape index (κ2) is 5.52. The molecule has 7 heteroatoms. The van der Waals surface area contributed by atoms with Crippen LogP contribution in [0.4, 0.5) is 16.6 Å². The third-order valence-electron chi connectivity index (χ3n) is 1.73. The average molecular weight is 253 g/mol. The molecule has 1 aromatic heterocycles. The van der Waals surface area contributed by atoms with E-state index in [0.717, 1.165) is 0 Å². The van der Waals surface area contributed by atoms with E-state index in [4.69, 9.17) is 4.74 Å². The van der Waals surface area contributed by atoms with Crippen molar-refractivity contribution in [2.45, 2.75) is 26.4 Å². The van der Waals surface area contributed by atoms with Crippen molar-refractivity contribution in [2.24, 2.45) is 0 Å². The van der Waals surface area contributed by atoms with Gasteiger partial charge in [0.2, 0.25) is 5.95 Å². The Balaban J connectivity index is 2.53. The Labute approximate surface area is 107 Å². The number of nitrogens with one attached hydrogen (secondary N) is 2. The molecule has 1 amide bonds. The SMILES string of the molecule is CN(C)c1nccc(NNC(=O)OC(C)(C)C)n1. The van der Waals surface area contributed by atoms with E-state index in [1.165, 1.54) is 0 Å². The number of anilines is 2. The van der Waals surface area contributed by atoms with Gasteiger partial charge in [-0.3, -0.25) is 5.43 Å². The number of rotatable bonds is 3.